The Morgan fingerprint density at radius 3 is 2.50 bits per heavy atom. The third kappa shape index (κ3) is 5.02. The molecule has 0 radical (unpaired) electrons. The molecule has 1 aromatic rings. The van der Waals surface area contributed by atoms with Crippen LogP contribution in [0.2, 0.25) is 5.02 Å². The van der Waals surface area contributed by atoms with Crippen LogP contribution in [0.1, 0.15) is 39.4 Å². The minimum Gasteiger partial charge on any atom is -0.482 e. The predicted octanol–water partition coefficient (Wildman–Crippen LogP) is 2.93. The Bertz CT molecular complexity index is 460. The lowest BCUT2D eigenvalue weighted by molar-refractivity contribution is -0.124. The average Bonchev–Trinajstić information content (AvgIpc) is 2.36. The third-order valence-corrected chi connectivity index (χ3v) is 3.48. The van der Waals surface area contributed by atoms with Gasteiger partial charge in [0.15, 0.2) is 6.61 Å². The number of halogens is 1. The molecule has 2 atom stereocenters. The van der Waals surface area contributed by atoms with E-state index in [1.165, 1.54) is 0 Å². The molecular weight excluding hydrogens is 278 g/mol. The summed E-state index contributed by atoms with van der Waals surface area (Å²) in [7, 11) is 0. The van der Waals surface area contributed by atoms with Gasteiger partial charge < -0.3 is 15.2 Å². The van der Waals surface area contributed by atoms with E-state index in [9.17, 15) is 9.90 Å². The first-order valence-corrected chi connectivity index (χ1v) is 7.08. The van der Waals surface area contributed by atoms with Crippen LogP contribution in [-0.4, -0.2) is 23.7 Å². The van der Waals surface area contributed by atoms with Gasteiger partial charge in [-0.05, 0) is 37.5 Å². The number of amides is 1. The summed E-state index contributed by atoms with van der Waals surface area (Å²) in [5.74, 6) is 0.623. The predicted molar refractivity (Wildman–Crippen MR) is 80.0 cm³/mol. The van der Waals surface area contributed by atoms with Crippen molar-refractivity contribution in [1.29, 1.82) is 0 Å². The number of ether oxygens (including phenoxy) is 1. The van der Waals surface area contributed by atoms with E-state index >= 15 is 0 Å². The molecule has 1 amide bonds. The van der Waals surface area contributed by atoms with Crippen molar-refractivity contribution in [2.45, 2.75) is 39.8 Å². The maximum Gasteiger partial charge on any atom is 0.258 e. The van der Waals surface area contributed by atoms with Gasteiger partial charge in [0.05, 0.1) is 11.1 Å². The molecule has 2 N–H and O–H groups in total. The van der Waals surface area contributed by atoms with Crippen molar-refractivity contribution in [3.05, 3.63) is 28.8 Å². The zero-order chi connectivity index (χ0) is 15.3. The summed E-state index contributed by atoms with van der Waals surface area (Å²) in [5.41, 5.74) is 0.709. The molecule has 1 rings (SSSR count). The minimum atomic E-state index is -0.586. The molecule has 112 valence electrons. The lowest BCUT2D eigenvalue weighted by atomic mass is 10.1. The highest BCUT2D eigenvalue weighted by Crippen LogP contribution is 2.27. The topological polar surface area (TPSA) is 58.6 Å². The Kier molecular flexibility index (Phi) is 6.30. The molecule has 0 bridgehead atoms. The van der Waals surface area contributed by atoms with Gasteiger partial charge in [0.2, 0.25) is 0 Å². The maximum atomic E-state index is 11.7. The average molecular weight is 300 g/mol. The zero-order valence-corrected chi connectivity index (χ0v) is 13.1. The van der Waals surface area contributed by atoms with Crippen molar-refractivity contribution in [3.8, 4) is 5.75 Å². The monoisotopic (exact) mass is 299 g/mol. The highest BCUT2D eigenvalue weighted by Gasteiger charge is 2.12. The molecule has 0 aliphatic carbocycles. The Balaban J connectivity index is 2.56. The molecule has 0 heterocycles. The molecule has 0 aliphatic rings. The lowest BCUT2D eigenvalue weighted by Gasteiger charge is -2.17. The van der Waals surface area contributed by atoms with E-state index in [1.54, 1.807) is 25.1 Å². The maximum absolute atomic E-state index is 11.7. The van der Waals surface area contributed by atoms with E-state index in [-0.39, 0.29) is 18.6 Å². The fourth-order valence-electron chi connectivity index (χ4n) is 1.50. The summed E-state index contributed by atoms with van der Waals surface area (Å²) >= 11 is 6.05. The van der Waals surface area contributed by atoms with E-state index in [0.29, 0.717) is 22.3 Å². The Morgan fingerprint density at radius 2 is 2.00 bits per heavy atom. The molecule has 0 fully saturated rings. The molecular formula is C15H22ClNO3. The van der Waals surface area contributed by atoms with Crippen LogP contribution in [-0.2, 0) is 4.79 Å². The third-order valence-electron chi connectivity index (χ3n) is 3.19. The van der Waals surface area contributed by atoms with E-state index in [0.717, 1.165) is 0 Å². The quantitative estimate of drug-likeness (QED) is 0.849. The number of benzene rings is 1. The number of carbonyl (C=O) groups is 1. The number of aliphatic hydroxyl groups excluding tert-OH is 1. The van der Waals surface area contributed by atoms with Crippen molar-refractivity contribution in [1.82, 2.24) is 5.32 Å². The second-order valence-corrected chi connectivity index (χ2v) is 5.66. The van der Waals surface area contributed by atoms with Crippen LogP contribution in [0, 0.1) is 5.92 Å². The molecule has 1 unspecified atom stereocenters. The van der Waals surface area contributed by atoms with Crippen LogP contribution in [0.3, 0.4) is 0 Å². The Labute approximate surface area is 125 Å². The van der Waals surface area contributed by atoms with Gasteiger partial charge in [-0.1, -0.05) is 31.5 Å². The standard InChI is InChI=1S/C15H22ClNO3/c1-9(2)10(3)17-15(19)8-20-14-6-5-12(11(4)18)7-13(14)16/h5-7,9-11,18H,8H2,1-4H3,(H,17,19)/t10?,11-/m0/s1. The fraction of sp³-hybridized carbons (Fsp3) is 0.533. The number of carbonyl (C=O) groups excluding carboxylic acids is 1. The second kappa shape index (κ2) is 7.50. The number of rotatable bonds is 6. The molecule has 0 spiro atoms. The van der Waals surface area contributed by atoms with Crippen LogP contribution >= 0.6 is 11.6 Å². The number of hydrogen-bond donors (Lipinski definition) is 2. The van der Waals surface area contributed by atoms with Crippen LogP contribution in [0.25, 0.3) is 0 Å². The van der Waals surface area contributed by atoms with Crippen molar-refractivity contribution >= 4 is 17.5 Å². The van der Waals surface area contributed by atoms with E-state index in [4.69, 9.17) is 16.3 Å². The normalized spacial score (nSPS) is 13.9. The zero-order valence-electron chi connectivity index (χ0n) is 12.3. The first-order valence-electron chi connectivity index (χ1n) is 6.71. The first kappa shape index (κ1) is 16.8. The molecule has 0 saturated heterocycles. The summed E-state index contributed by atoms with van der Waals surface area (Å²) < 4.78 is 5.39. The summed E-state index contributed by atoms with van der Waals surface area (Å²) in [6.07, 6.45) is -0.586. The van der Waals surface area contributed by atoms with Gasteiger partial charge in [-0.2, -0.15) is 0 Å². The number of hydrogen-bond acceptors (Lipinski definition) is 3. The SMILES string of the molecule is CC(C)C(C)NC(=O)COc1ccc([C@H](C)O)cc1Cl. The van der Waals surface area contributed by atoms with Crippen LogP contribution < -0.4 is 10.1 Å². The molecule has 0 aliphatic heterocycles. The van der Waals surface area contributed by atoms with Gasteiger partial charge in [0, 0.05) is 6.04 Å². The second-order valence-electron chi connectivity index (χ2n) is 5.25. The first-order chi connectivity index (χ1) is 9.31. The van der Waals surface area contributed by atoms with Crippen molar-refractivity contribution < 1.29 is 14.6 Å². The van der Waals surface area contributed by atoms with Gasteiger partial charge in [-0.3, -0.25) is 4.79 Å². The highest BCUT2D eigenvalue weighted by atomic mass is 35.5. The van der Waals surface area contributed by atoms with Crippen LogP contribution in [0.4, 0.5) is 0 Å². The summed E-state index contributed by atoms with van der Waals surface area (Å²) in [6, 6.07) is 5.11. The van der Waals surface area contributed by atoms with Gasteiger partial charge in [-0.15, -0.1) is 0 Å². The van der Waals surface area contributed by atoms with Crippen molar-refractivity contribution in [3.63, 3.8) is 0 Å². The van der Waals surface area contributed by atoms with E-state index in [1.807, 2.05) is 20.8 Å². The molecule has 20 heavy (non-hydrogen) atoms. The molecule has 5 heteroatoms. The minimum absolute atomic E-state index is 0.0786. The Hall–Kier alpha value is -1.26. The van der Waals surface area contributed by atoms with Gasteiger partial charge in [0.25, 0.3) is 5.91 Å². The summed E-state index contributed by atoms with van der Waals surface area (Å²) in [4.78, 5) is 11.7. The Morgan fingerprint density at radius 1 is 1.35 bits per heavy atom. The van der Waals surface area contributed by atoms with Gasteiger partial charge >= 0.3 is 0 Å². The molecule has 4 nitrogen and oxygen atoms in total. The van der Waals surface area contributed by atoms with E-state index < -0.39 is 6.10 Å². The highest BCUT2D eigenvalue weighted by molar-refractivity contribution is 6.32. The number of nitrogens with one attached hydrogen (secondary N) is 1. The summed E-state index contributed by atoms with van der Waals surface area (Å²) in [5, 5.41) is 12.7. The van der Waals surface area contributed by atoms with Crippen molar-refractivity contribution in [2.75, 3.05) is 6.61 Å². The van der Waals surface area contributed by atoms with Gasteiger partial charge in [0.1, 0.15) is 5.75 Å². The fourth-order valence-corrected chi connectivity index (χ4v) is 1.74. The van der Waals surface area contributed by atoms with Gasteiger partial charge in [-0.25, -0.2) is 0 Å². The van der Waals surface area contributed by atoms with Crippen molar-refractivity contribution in [2.24, 2.45) is 5.92 Å². The summed E-state index contributed by atoms with van der Waals surface area (Å²) in [6.45, 7) is 7.61. The van der Waals surface area contributed by atoms with Crippen LogP contribution in [0.5, 0.6) is 5.75 Å². The molecule has 0 saturated carbocycles. The smallest absolute Gasteiger partial charge is 0.258 e. The van der Waals surface area contributed by atoms with E-state index in [2.05, 4.69) is 5.32 Å². The van der Waals surface area contributed by atoms with Crippen LogP contribution in [0.15, 0.2) is 18.2 Å². The molecule has 0 aromatic heterocycles. The lowest BCUT2D eigenvalue weighted by Crippen LogP contribution is -2.38. The molecule has 1 aromatic carbocycles. The largest absolute Gasteiger partial charge is 0.482 e. The number of aliphatic hydroxyl groups is 1.